The molecule has 1 aromatic rings. The summed E-state index contributed by atoms with van der Waals surface area (Å²) in [5.41, 5.74) is 0.382. The van der Waals surface area contributed by atoms with Crippen molar-refractivity contribution < 1.29 is 26.1 Å². The summed E-state index contributed by atoms with van der Waals surface area (Å²) < 4.78 is 0.881. The van der Waals surface area contributed by atoms with Crippen molar-refractivity contribution >= 4 is 28.1 Å². The first-order chi connectivity index (χ1) is 10.4. The number of nitrogens with zero attached hydrogens (tertiary/aromatic N) is 2. The Labute approximate surface area is 156 Å². The third kappa shape index (κ3) is 5.68. The van der Waals surface area contributed by atoms with Crippen LogP contribution in [0.4, 0.5) is 0 Å². The number of rotatable bonds is 5. The molecular weight excluding hydrogens is 403 g/mol. The zero-order valence-electron chi connectivity index (χ0n) is 13.4. The van der Waals surface area contributed by atoms with Crippen molar-refractivity contribution in [2.24, 2.45) is 11.3 Å². The summed E-state index contributed by atoms with van der Waals surface area (Å²) in [7, 11) is 0. The molecule has 1 aliphatic rings. The minimum Gasteiger partial charge on any atom is -0.541 e. The van der Waals surface area contributed by atoms with Gasteiger partial charge in [0, 0.05) is 19.5 Å². The smallest absolute Gasteiger partial charge is 0.541 e. The van der Waals surface area contributed by atoms with Gasteiger partial charge in [0.25, 0.3) is 0 Å². The normalized spacial score (nSPS) is 16.8. The first-order valence-corrected chi connectivity index (χ1v) is 8.42. The molecule has 127 valence electrons. The minimum atomic E-state index is -0.520. The van der Waals surface area contributed by atoms with Gasteiger partial charge < -0.3 is 14.7 Å². The summed E-state index contributed by atoms with van der Waals surface area (Å²) in [5.74, 6) is 0.546. The maximum Gasteiger partial charge on any atom is 3.00 e. The topological polar surface area (TPSA) is 50.3 Å². The number of hydrogen-bond donors (Lipinski definition) is 0. The number of carbonyl (C=O) groups excluding carboxylic acids is 2. The maximum atomic E-state index is 12.1. The van der Waals surface area contributed by atoms with Crippen molar-refractivity contribution in [1.82, 2.24) is 9.88 Å². The summed E-state index contributed by atoms with van der Waals surface area (Å²) in [6.07, 6.45) is 9.30. The Morgan fingerprint density at radius 1 is 1.48 bits per heavy atom. The molecule has 1 saturated heterocycles. The van der Waals surface area contributed by atoms with Gasteiger partial charge in [-0.05, 0) is 5.92 Å². The molecule has 1 aromatic heterocycles. The van der Waals surface area contributed by atoms with Gasteiger partial charge >= 0.3 is 16.5 Å². The SMILES string of the molecule is CC(C)CC(=O)N1CCC([C-]=O)(Cc2[c-]ncc(Br)c2)CC1.[Ni+3]. The summed E-state index contributed by atoms with van der Waals surface area (Å²) in [4.78, 5) is 29.6. The van der Waals surface area contributed by atoms with E-state index >= 15 is 0 Å². The molecule has 0 N–H and O–H groups in total. The molecule has 2 rings (SSSR count). The monoisotopic (exact) mass is 422 g/mol. The van der Waals surface area contributed by atoms with Gasteiger partial charge in [-0.1, -0.05) is 65.9 Å². The molecule has 0 aliphatic carbocycles. The van der Waals surface area contributed by atoms with Gasteiger partial charge in [-0.2, -0.15) is 6.07 Å². The van der Waals surface area contributed by atoms with E-state index in [4.69, 9.17) is 0 Å². The van der Waals surface area contributed by atoms with Gasteiger partial charge in [0.1, 0.15) is 0 Å². The second-order valence-corrected chi connectivity index (χ2v) is 7.38. The molecule has 0 bridgehead atoms. The summed E-state index contributed by atoms with van der Waals surface area (Å²) >= 11 is 3.38. The maximum absolute atomic E-state index is 12.1. The standard InChI is InChI=1S/C17H21BrN2O2.Ni/c1-13(2)7-16(22)20-5-3-17(12-21,4-6-20)9-14-8-15(18)11-19-10-14;/h8,11,13H,3-7,9H2,1-2H3;/q-2;+3. The van der Waals surface area contributed by atoms with Crippen LogP contribution in [0, 0.1) is 17.5 Å². The van der Waals surface area contributed by atoms with E-state index in [9.17, 15) is 9.59 Å². The van der Waals surface area contributed by atoms with Crippen LogP contribution in [0.1, 0.15) is 38.7 Å². The number of piperidine rings is 1. The predicted octanol–water partition coefficient (Wildman–Crippen LogP) is 2.95. The average molecular weight is 424 g/mol. The van der Waals surface area contributed by atoms with Crippen LogP contribution < -0.4 is 0 Å². The van der Waals surface area contributed by atoms with E-state index in [-0.39, 0.29) is 22.4 Å². The second kappa shape index (κ2) is 8.93. The van der Waals surface area contributed by atoms with E-state index in [1.165, 1.54) is 0 Å². The molecule has 0 spiro atoms. The number of aromatic nitrogens is 1. The van der Waals surface area contributed by atoms with Crippen molar-refractivity contribution in [2.75, 3.05) is 13.1 Å². The zero-order valence-corrected chi connectivity index (χ0v) is 16.0. The Hall–Kier alpha value is -0.736. The van der Waals surface area contributed by atoms with E-state index in [2.05, 4.69) is 33.4 Å². The van der Waals surface area contributed by atoms with Crippen LogP contribution in [0.5, 0.6) is 0 Å². The van der Waals surface area contributed by atoms with Crippen molar-refractivity contribution in [3.8, 4) is 0 Å². The third-order valence-corrected chi connectivity index (χ3v) is 4.54. The van der Waals surface area contributed by atoms with Crippen LogP contribution in [0.2, 0.25) is 0 Å². The number of hydrogen-bond acceptors (Lipinski definition) is 3. The fraction of sp³-hybridized carbons (Fsp3) is 0.588. The Morgan fingerprint density at radius 3 is 2.65 bits per heavy atom. The molecule has 1 fully saturated rings. The molecular formula is C17H21BrN2NiO2+. The third-order valence-electron chi connectivity index (χ3n) is 4.11. The van der Waals surface area contributed by atoms with Gasteiger partial charge in [0.15, 0.2) is 0 Å². The number of amides is 1. The molecule has 6 heteroatoms. The summed E-state index contributed by atoms with van der Waals surface area (Å²) in [5, 5.41) is 0. The molecule has 1 aliphatic heterocycles. The van der Waals surface area contributed by atoms with Gasteiger partial charge in [-0.3, -0.25) is 11.1 Å². The van der Waals surface area contributed by atoms with Crippen LogP contribution in [0.3, 0.4) is 0 Å². The van der Waals surface area contributed by atoms with Gasteiger partial charge in [0.05, 0.1) is 0 Å². The van der Waals surface area contributed by atoms with E-state index in [0.29, 0.717) is 44.7 Å². The zero-order chi connectivity index (χ0) is 16.2. The van der Waals surface area contributed by atoms with Gasteiger partial charge in [0.2, 0.25) is 5.91 Å². The molecule has 0 unspecified atom stereocenters. The average Bonchev–Trinajstić information content (AvgIpc) is 2.47. The molecule has 1 radical (unpaired) electrons. The van der Waals surface area contributed by atoms with Crippen LogP contribution in [0.15, 0.2) is 16.7 Å². The molecule has 2 heterocycles. The van der Waals surface area contributed by atoms with E-state index < -0.39 is 5.41 Å². The van der Waals surface area contributed by atoms with Crippen molar-refractivity contribution in [2.45, 2.75) is 39.5 Å². The molecule has 1 amide bonds. The largest absolute Gasteiger partial charge is 3.00 e. The summed E-state index contributed by atoms with van der Waals surface area (Å²) in [6.45, 7) is 5.34. The second-order valence-electron chi connectivity index (χ2n) is 6.46. The van der Waals surface area contributed by atoms with Gasteiger partial charge in [-0.25, -0.2) is 0 Å². The van der Waals surface area contributed by atoms with E-state index in [0.717, 1.165) is 10.0 Å². The van der Waals surface area contributed by atoms with E-state index in [1.807, 2.05) is 24.8 Å². The molecule has 23 heavy (non-hydrogen) atoms. The number of likely N-dealkylation sites (tertiary alicyclic amines) is 1. The molecule has 4 nitrogen and oxygen atoms in total. The Bertz CT molecular complexity index is 543. The van der Waals surface area contributed by atoms with Crippen LogP contribution in [0.25, 0.3) is 0 Å². The first-order valence-electron chi connectivity index (χ1n) is 7.63. The van der Waals surface area contributed by atoms with Crippen LogP contribution in [-0.2, 0) is 32.5 Å². The minimum absolute atomic E-state index is 0. The fourth-order valence-corrected chi connectivity index (χ4v) is 3.22. The number of carbonyl (C=O) groups is 1. The predicted molar refractivity (Wildman–Crippen MR) is 87.9 cm³/mol. The van der Waals surface area contributed by atoms with Crippen molar-refractivity contribution in [3.05, 3.63) is 28.5 Å². The van der Waals surface area contributed by atoms with Crippen molar-refractivity contribution in [3.63, 3.8) is 0 Å². The van der Waals surface area contributed by atoms with Gasteiger partial charge in [-0.15, -0.1) is 11.0 Å². The number of pyridine rings is 1. The molecule has 0 aromatic carbocycles. The number of halogens is 1. The quantitative estimate of drug-likeness (QED) is 0.540. The van der Waals surface area contributed by atoms with E-state index in [1.54, 1.807) is 6.20 Å². The van der Waals surface area contributed by atoms with Crippen LogP contribution in [-0.4, -0.2) is 35.2 Å². The Balaban J connectivity index is 0.00000264. The first kappa shape index (κ1) is 20.3. The summed E-state index contributed by atoms with van der Waals surface area (Å²) in [6, 6.07) is 1.93. The molecule has 0 saturated carbocycles. The molecule has 0 atom stereocenters. The Kier molecular flexibility index (Phi) is 7.89. The Morgan fingerprint density at radius 2 is 2.13 bits per heavy atom. The van der Waals surface area contributed by atoms with Crippen molar-refractivity contribution in [1.29, 1.82) is 0 Å². The van der Waals surface area contributed by atoms with Crippen LogP contribution >= 0.6 is 15.9 Å². The fourth-order valence-electron chi connectivity index (χ4n) is 2.85.